The van der Waals surface area contributed by atoms with Crippen LogP contribution in [0.3, 0.4) is 0 Å². The molecule has 0 aliphatic heterocycles. The van der Waals surface area contributed by atoms with E-state index in [1.54, 1.807) is 0 Å². The number of amides is 4. The summed E-state index contributed by atoms with van der Waals surface area (Å²) < 4.78 is 0. The summed E-state index contributed by atoms with van der Waals surface area (Å²) in [4.78, 5) is 47.9. The number of carbonyl (C=O) groups is 4. The molecule has 0 aromatic rings. The molecule has 0 saturated carbocycles. The fraction of sp³-hybridized carbons (Fsp3) is 0.818. The third-order valence-electron chi connectivity index (χ3n) is 5.21. The third kappa shape index (κ3) is 17.0. The Morgan fingerprint density at radius 1 is 0.697 bits per heavy atom. The van der Waals surface area contributed by atoms with Gasteiger partial charge in [-0.15, -0.1) is 0 Å². The molecule has 33 heavy (non-hydrogen) atoms. The van der Waals surface area contributed by atoms with Crippen molar-refractivity contribution in [3.05, 3.63) is 0 Å². The van der Waals surface area contributed by atoms with Crippen molar-refractivity contribution in [2.24, 2.45) is 17.2 Å². The molecule has 0 aromatic carbocycles. The smallest absolute Gasteiger partial charge is 0.245 e. The van der Waals surface area contributed by atoms with E-state index in [1.807, 2.05) is 0 Å². The van der Waals surface area contributed by atoms with Crippen molar-refractivity contribution in [1.82, 2.24) is 16.0 Å². The minimum Gasteiger partial charge on any atom is -0.394 e. The number of unbranched alkanes of at least 4 members (excludes halogenated alkanes) is 8. The summed E-state index contributed by atoms with van der Waals surface area (Å²) >= 11 is 0. The van der Waals surface area contributed by atoms with E-state index in [1.165, 1.54) is 12.8 Å². The standard InChI is InChI=1S/C22H44N6O5/c23-13-9-6-4-2-1-3-5-7-12-20(31)27-18(16-29)22(33)28-17(11-8-10-14-24)21(32)26-15-19(25)30/h17-18,29H,1-16,23-24H2,(H2,25,30)(H,26,32)(H,27,31)(H,28,33)/t17-,18-/m0/s1. The highest BCUT2D eigenvalue weighted by molar-refractivity contribution is 5.93. The highest BCUT2D eigenvalue weighted by Crippen LogP contribution is 2.09. The van der Waals surface area contributed by atoms with Crippen LogP contribution in [0.25, 0.3) is 0 Å². The van der Waals surface area contributed by atoms with Gasteiger partial charge in [0, 0.05) is 6.42 Å². The predicted octanol–water partition coefficient (Wildman–Crippen LogP) is -0.852. The maximum atomic E-state index is 12.5. The van der Waals surface area contributed by atoms with Gasteiger partial charge < -0.3 is 38.3 Å². The number of nitrogens with two attached hydrogens (primary N) is 3. The summed E-state index contributed by atoms with van der Waals surface area (Å²) in [5, 5.41) is 17.0. The number of aliphatic hydroxyl groups is 1. The zero-order valence-corrected chi connectivity index (χ0v) is 19.8. The number of nitrogens with one attached hydrogen (secondary N) is 3. The molecular formula is C22H44N6O5. The Hall–Kier alpha value is -2.24. The molecule has 0 aliphatic rings. The van der Waals surface area contributed by atoms with Gasteiger partial charge in [-0.1, -0.05) is 38.5 Å². The summed E-state index contributed by atoms with van der Waals surface area (Å²) in [6, 6.07) is -2.10. The summed E-state index contributed by atoms with van der Waals surface area (Å²) in [7, 11) is 0. The van der Waals surface area contributed by atoms with E-state index in [2.05, 4.69) is 16.0 Å². The van der Waals surface area contributed by atoms with Gasteiger partial charge >= 0.3 is 0 Å². The van der Waals surface area contributed by atoms with Crippen molar-refractivity contribution in [2.75, 3.05) is 26.2 Å². The predicted molar refractivity (Wildman–Crippen MR) is 127 cm³/mol. The maximum absolute atomic E-state index is 12.5. The van der Waals surface area contributed by atoms with Crippen LogP contribution in [0.15, 0.2) is 0 Å². The van der Waals surface area contributed by atoms with Crippen molar-refractivity contribution < 1.29 is 24.3 Å². The first-order valence-electron chi connectivity index (χ1n) is 12.0. The lowest BCUT2D eigenvalue weighted by Crippen LogP contribution is -2.55. The van der Waals surface area contributed by atoms with Crippen LogP contribution in [-0.2, 0) is 19.2 Å². The fourth-order valence-corrected chi connectivity index (χ4v) is 3.28. The molecule has 0 aromatic heterocycles. The van der Waals surface area contributed by atoms with Crippen LogP contribution in [0, 0.1) is 0 Å². The van der Waals surface area contributed by atoms with Crippen LogP contribution in [0.2, 0.25) is 0 Å². The maximum Gasteiger partial charge on any atom is 0.245 e. The van der Waals surface area contributed by atoms with Crippen molar-refractivity contribution in [2.45, 2.75) is 89.1 Å². The molecule has 11 nitrogen and oxygen atoms in total. The van der Waals surface area contributed by atoms with Crippen LogP contribution < -0.4 is 33.2 Å². The second-order valence-corrected chi connectivity index (χ2v) is 8.20. The Bertz CT molecular complexity index is 575. The van der Waals surface area contributed by atoms with Gasteiger partial charge in [-0.3, -0.25) is 19.2 Å². The van der Waals surface area contributed by atoms with Gasteiger partial charge in [0.25, 0.3) is 0 Å². The van der Waals surface area contributed by atoms with Gasteiger partial charge in [0.1, 0.15) is 12.1 Å². The van der Waals surface area contributed by atoms with Crippen LogP contribution in [0.4, 0.5) is 0 Å². The second kappa shape index (κ2) is 20.4. The molecule has 192 valence electrons. The Labute approximate surface area is 197 Å². The number of aliphatic hydroxyl groups excluding tert-OH is 1. The van der Waals surface area contributed by atoms with Crippen LogP contribution in [0.5, 0.6) is 0 Å². The number of primary amides is 1. The molecule has 0 fully saturated rings. The molecule has 10 N–H and O–H groups in total. The molecule has 0 rings (SSSR count). The second-order valence-electron chi connectivity index (χ2n) is 8.20. The first-order chi connectivity index (χ1) is 15.8. The van der Waals surface area contributed by atoms with E-state index >= 15 is 0 Å². The average Bonchev–Trinajstić information content (AvgIpc) is 2.79. The molecule has 0 spiro atoms. The number of hydrogen-bond donors (Lipinski definition) is 7. The highest BCUT2D eigenvalue weighted by atomic mass is 16.3. The molecule has 0 unspecified atom stereocenters. The monoisotopic (exact) mass is 472 g/mol. The van der Waals surface area contributed by atoms with Crippen molar-refractivity contribution in [3.8, 4) is 0 Å². The topological polar surface area (TPSA) is 203 Å². The zero-order chi connectivity index (χ0) is 24.9. The van der Waals surface area contributed by atoms with Crippen LogP contribution in [0.1, 0.15) is 77.0 Å². The van der Waals surface area contributed by atoms with Gasteiger partial charge in [0.2, 0.25) is 23.6 Å². The molecule has 2 atom stereocenters. The number of hydrogen-bond acceptors (Lipinski definition) is 7. The minimum absolute atomic E-state index is 0.260. The normalized spacial score (nSPS) is 12.6. The van der Waals surface area contributed by atoms with Crippen LogP contribution >= 0.6 is 0 Å². The molecule has 11 heteroatoms. The van der Waals surface area contributed by atoms with Gasteiger partial charge in [0.15, 0.2) is 0 Å². The molecule has 0 bridgehead atoms. The Balaban J connectivity index is 4.42. The summed E-state index contributed by atoms with van der Waals surface area (Å²) in [6.07, 6.45) is 10.1. The molecule has 0 heterocycles. The average molecular weight is 473 g/mol. The summed E-state index contributed by atoms with van der Waals surface area (Å²) in [5.74, 6) is -2.27. The largest absolute Gasteiger partial charge is 0.394 e. The minimum atomic E-state index is -1.17. The molecule has 0 aliphatic carbocycles. The quantitative estimate of drug-likeness (QED) is 0.105. The third-order valence-corrected chi connectivity index (χ3v) is 5.21. The van der Waals surface area contributed by atoms with E-state index in [9.17, 15) is 24.3 Å². The van der Waals surface area contributed by atoms with Gasteiger partial charge in [-0.05, 0) is 45.2 Å². The van der Waals surface area contributed by atoms with Gasteiger partial charge in [-0.25, -0.2) is 0 Å². The Kier molecular flexibility index (Phi) is 19.0. The Morgan fingerprint density at radius 3 is 1.79 bits per heavy atom. The molecule has 0 radical (unpaired) electrons. The van der Waals surface area contributed by atoms with E-state index in [4.69, 9.17) is 17.2 Å². The lowest BCUT2D eigenvalue weighted by atomic mass is 10.1. The zero-order valence-electron chi connectivity index (χ0n) is 19.8. The molecular weight excluding hydrogens is 428 g/mol. The fourth-order valence-electron chi connectivity index (χ4n) is 3.28. The van der Waals surface area contributed by atoms with Crippen molar-refractivity contribution in [3.63, 3.8) is 0 Å². The van der Waals surface area contributed by atoms with E-state index in [0.717, 1.165) is 38.6 Å². The summed E-state index contributed by atoms with van der Waals surface area (Å²) in [6.45, 7) is 0.224. The number of carbonyl (C=O) groups excluding carboxylic acids is 4. The van der Waals surface area contributed by atoms with E-state index in [-0.39, 0.29) is 18.9 Å². The summed E-state index contributed by atoms with van der Waals surface area (Å²) in [5.41, 5.74) is 16.0. The van der Waals surface area contributed by atoms with Gasteiger partial charge in [-0.2, -0.15) is 0 Å². The highest BCUT2D eigenvalue weighted by Gasteiger charge is 2.26. The SMILES string of the molecule is NCCCCCCCCCCC(=O)N[C@@H](CO)C(=O)N[C@@H](CCCCN)C(=O)NCC(N)=O. The molecule has 0 saturated heterocycles. The lowest BCUT2D eigenvalue weighted by molar-refractivity contribution is -0.133. The Morgan fingerprint density at radius 2 is 1.24 bits per heavy atom. The van der Waals surface area contributed by atoms with Crippen LogP contribution in [-0.4, -0.2) is 67.1 Å². The van der Waals surface area contributed by atoms with E-state index in [0.29, 0.717) is 32.2 Å². The molecule has 4 amide bonds. The number of rotatable bonds is 21. The van der Waals surface area contributed by atoms with Gasteiger partial charge in [0.05, 0.1) is 13.2 Å². The first-order valence-corrected chi connectivity index (χ1v) is 12.0. The van der Waals surface area contributed by atoms with E-state index < -0.39 is 36.4 Å². The lowest BCUT2D eigenvalue weighted by Gasteiger charge is -2.22. The van der Waals surface area contributed by atoms with Crippen molar-refractivity contribution >= 4 is 23.6 Å². The van der Waals surface area contributed by atoms with Crippen molar-refractivity contribution in [1.29, 1.82) is 0 Å². The first kappa shape index (κ1) is 30.8.